The van der Waals surface area contributed by atoms with Crippen molar-refractivity contribution in [2.75, 3.05) is 0 Å². The second kappa shape index (κ2) is 5.77. The summed E-state index contributed by atoms with van der Waals surface area (Å²) in [5.41, 5.74) is 1.10. The minimum atomic E-state index is -0.673. The molecule has 0 radical (unpaired) electrons. The molecule has 0 aromatic carbocycles. The molecule has 0 bridgehead atoms. The van der Waals surface area contributed by atoms with Gasteiger partial charge in [-0.1, -0.05) is 18.9 Å². The van der Waals surface area contributed by atoms with Crippen LogP contribution < -0.4 is 5.32 Å². The van der Waals surface area contributed by atoms with E-state index in [0.29, 0.717) is 6.54 Å². The molecule has 0 saturated heterocycles. The van der Waals surface area contributed by atoms with Gasteiger partial charge in [0.15, 0.2) is 0 Å². The van der Waals surface area contributed by atoms with E-state index in [4.69, 9.17) is 5.11 Å². The number of rotatable bonds is 4. The lowest BCUT2D eigenvalue weighted by Crippen LogP contribution is -2.41. The molecule has 1 heterocycles. The van der Waals surface area contributed by atoms with Crippen LogP contribution in [0.25, 0.3) is 0 Å². The van der Waals surface area contributed by atoms with Gasteiger partial charge < -0.3 is 10.4 Å². The Morgan fingerprint density at radius 1 is 1.47 bits per heavy atom. The molecular formula is C13H18N2O2. The third kappa shape index (κ3) is 3.27. The summed E-state index contributed by atoms with van der Waals surface area (Å²) in [5.74, 6) is -0.909. The highest BCUT2D eigenvalue weighted by molar-refractivity contribution is 5.71. The summed E-state index contributed by atoms with van der Waals surface area (Å²) < 4.78 is 0. The molecule has 1 aliphatic rings. The van der Waals surface area contributed by atoms with Crippen LogP contribution in [0.4, 0.5) is 0 Å². The van der Waals surface area contributed by atoms with Gasteiger partial charge in [0.2, 0.25) is 0 Å². The van der Waals surface area contributed by atoms with E-state index in [1.54, 1.807) is 6.20 Å². The molecule has 1 fully saturated rings. The van der Waals surface area contributed by atoms with E-state index in [1.165, 1.54) is 0 Å². The first-order valence-electron chi connectivity index (χ1n) is 6.12. The van der Waals surface area contributed by atoms with Crippen LogP contribution in [0, 0.1) is 5.92 Å². The van der Waals surface area contributed by atoms with E-state index in [2.05, 4.69) is 10.3 Å². The monoisotopic (exact) mass is 234 g/mol. The topological polar surface area (TPSA) is 62.2 Å². The van der Waals surface area contributed by atoms with Crippen molar-refractivity contribution in [2.45, 2.75) is 38.3 Å². The molecular weight excluding hydrogens is 216 g/mol. The second-order valence-corrected chi connectivity index (χ2v) is 4.58. The highest BCUT2D eigenvalue weighted by Gasteiger charge is 2.30. The van der Waals surface area contributed by atoms with E-state index >= 15 is 0 Å². The number of carbonyl (C=O) groups is 1. The number of hydrogen-bond donors (Lipinski definition) is 2. The van der Waals surface area contributed by atoms with Crippen molar-refractivity contribution in [1.29, 1.82) is 0 Å². The van der Waals surface area contributed by atoms with Crippen molar-refractivity contribution in [1.82, 2.24) is 10.3 Å². The molecule has 2 rings (SSSR count). The Morgan fingerprint density at radius 2 is 2.29 bits per heavy atom. The molecule has 17 heavy (non-hydrogen) atoms. The molecule has 0 unspecified atom stereocenters. The molecule has 0 spiro atoms. The lowest BCUT2D eigenvalue weighted by molar-refractivity contribution is -0.143. The summed E-state index contributed by atoms with van der Waals surface area (Å²) in [5, 5.41) is 12.5. The zero-order valence-corrected chi connectivity index (χ0v) is 9.80. The fourth-order valence-corrected chi connectivity index (χ4v) is 2.42. The smallest absolute Gasteiger partial charge is 0.308 e. The normalized spacial score (nSPS) is 24.5. The van der Waals surface area contributed by atoms with E-state index in [9.17, 15) is 4.79 Å². The predicted molar refractivity (Wildman–Crippen MR) is 64.5 cm³/mol. The summed E-state index contributed by atoms with van der Waals surface area (Å²) in [6, 6.07) is 3.99. The van der Waals surface area contributed by atoms with Crippen LogP contribution in [0.15, 0.2) is 24.5 Å². The van der Waals surface area contributed by atoms with Crippen molar-refractivity contribution >= 4 is 5.97 Å². The van der Waals surface area contributed by atoms with Gasteiger partial charge in [-0.05, 0) is 24.5 Å². The number of carboxylic acids is 1. The quantitative estimate of drug-likeness (QED) is 0.834. The summed E-state index contributed by atoms with van der Waals surface area (Å²) in [6.07, 6.45) is 7.45. The zero-order valence-electron chi connectivity index (χ0n) is 9.80. The van der Waals surface area contributed by atoms with Crippen molar-refractivity contribution in [3.63, 3.8) is 0 Å². The largest absolute Gasteiger partial charge is 0.481 e. The highest BCUT2D eigenvalue weighted by atomic mass is 16.4. The summed E-state index contributed by atoms with van der Waals surface area (Å²) >= 11 is 0. The minimum Gasteiger partial charge on any atom is -0.481 e. The van der Waals surface area contributed by atoms with E-state index in [1.807, 2.05) is 18.3 Å². The maximum Gasteiger partial charge on any atom is 0.308 e. The van der Waals surface area contributed by atoms with Gasteiger partial charge in [0.05, 0.1) is 5.92 Å². The average molecular weight is 234 g/mol. The minimum absolute atomic E-state index is 0.0986. The van der Waals surface area contributed by atoms with Gasteiger partial charge in [-0.3, -0.25) is 9.78 Å². The van der Waals surface area contributed by atoms with Gasteiger partial charge >= 0.3 is 5.97 Å². The Hall–Kier alpha value is -1.42. The van der Waals surface area contributed by atoms with Gasteiger partial charge in [0.1, 0.15) is 0 Å². The molecule has 0 aliphatic heterocycles. The van der Waals surface area contributed by atoms with Gasteiger partial charge in [0.25, 0.3) is 0 Å². The van der Waals surface area contributed by atoms with Crippen molar-refractivity contribution < 1.29 is 9.90 Å². The standard InChI is InChI=1S/C13H18N2O2/c16-13(17)11-5-1-2-6-12(11)15-9-10-4-3-7-14-8-10/h3-4,7-8,11-12,15H,1-2,5-6,9H2,(H,16,17)/t11-,12-/m0/s1. The van der Waals surface area contributed by atoms with Crippen LogP contribution >= 0.6 is 0 Å². The fourth-order valence-electron chi connectivity index (χ4n) is 2.42. The van der Waals surface area contributed by atoms with Gasteiger partial charge in [-0.15, -0.1) is 0 Å². The fraction of sp³-hybridized carbons (Fsp3) is 0.538. The highest BCUT2D eigenvalue weighted by Crippen LogP contribution is 2.24. The molecule has 92 valence electrons. The first kappa shape index (κ1) is 12.0. The molecule has 4 heteroatoms. The Bertz CT molecular complexity index is 367. The Kier molecular flexibility index (Phi) is 4.09. The van der Waals surface area contributed by atoms with Gasteiger partial charge in [-0.25, -0.2) is 0 Å². The van der Waals surface area contributed by atoms with Gasteiger partial charge in [0, 0.05) is 25.0 Å². The SMILES string of the molecule is O=C(O)[C@H]1CCCC[C@@H]1NCc1cccnc1. The predicted octanol–water partition coefficient (Wildman–Crippen LogP) is 1.81. The second-order valence-electron chi connectivity index (χ2n) is 4.58. The van der Waals surface area contributed by atoms with Crippen LogP contribution in [-0.2, 0) is 11.3 Å². The molecule has 1 aromatic rings. The summed E-state index contributed by atoms with van der Waals surface area (Å²) in [4.78, 5) is 15.2. The lowest BCUT2D eigenvalue weighted by Gasteiger charge is -2.29. The summed E-state index contributed by atoms with van der Waals surface area (Å²) in [7, 11) is 0. The molecule has 2 N–H and O–H groups in total. The number of nitrogens with one attached hydrogen (secondary N) is 1. The third-order valence-electron chi connectivity index (χ3n) is 3.37. The molecule has 1 saturated carbocycles. The van der Waals surface area contributed by atoms with Crippen molar-refractivity contribution in [2.24, 2.45) is 5.92 Å². The number of carboxylic acid groups (broad SMARTS) is 1. The Labute approximate surface area is 101 Å². The van der Waals surface area contributed by atoms with Crippen LogP contribution in [-0.4, -0.2) is 22.1 Å². The zero-order chi connectivity index (χ0) is 12.1. The van der Waals surface area contributed by atoms with Crippen LogP contribution in [0.2, 0.25) is 0 Å². The molecule has 0 amide bonds. The molecule has 2 atom stereocenters. The van der Waals surface area contributed by atoms with E-state index < -0.39 is 5.97 Å². The Morgan fingerprint density at radius 3 is 3.00 bits per heavy atom. The van der Waals surface area contributed by atoms with Crippen molar-refractivity contribution in [3.05, 3.63) is 30.1 Å². The number of hydrogen-bond acceptors (Lipinski definition) is 3. The maximum atomic E-state index is 11.1. The molecule has 1 aromatic heterocycles. The van der Waals surface area contributed by atoms with Crippen LogP contribution in [0.1, 0.15) is 31.2 Å². The first-order valence-corrected chi connectivity index (χ1v) is 6.12. The summed E-state index contributed by atoms with van der Waals surface area (Å²) in [6.45, 7) is 0.697. The number of pyridine rings is 1. The first-order chi connectivity index (χ1) is 8.27. The Balaban J connectivity index is 1.90. The van der Waals surface area contributed by atoms with Crippen LogP contribution in [0.3, 0.4) is 0 Å². The molecule has 4 nitrogen and oxygen atoms in total. The van der Waals surface area contributed by atoms with Crippen molar-refractivity contribution in [3.8, 4) is 0 Å². The molecule has 1 aliphatic carbocycles. The number of aromatic nitrogens is 1. The van der Waals surface area contributed by atoms with Gasteiger partial charge in [-0.2, -0.15) is 0 Å². The number of nitrogens with zero attached hydrogens (tertiary/aromatic N) is 1. The number of aliphatic carboxylic acids is 1. The lowest BCUT2D eigenvalue weighted by atomic mass is 9.84. The van der Waals surface area contributed by atoms with E-state index in [0.717, 1.165) is 31.2 Å². The van der Waals surface area contributed by atoms with E-state index in [-0.39, 0.29) is 12.0 Å². The van der Waals surface area contributed by atoms with Crippen LogP contribution in [0.5, 0.6) is 0 Å². The maximum absolute atomic E-state index is 11.1. The third-order valence-corrected chi connectivity index (χ3v) is 3.37. The average Bonchev–Trinajstić information content (AvgIpc) is 2.38.